The minimum Gasteiger partial charge on any atom is -0.460 e. The van der Waals surface area contributed by atoms with Crippen molar-refractivity contribution in [1.29, 1.82) is 0 Å². The Kier molecular flexibility index (Phi) is 8.63. The van der Waals surface area contributed by atoms with Gasteiger partial charge in [-0.05, 0) is 20.1 Å². The number of esters is 1. The summed E-state index contributed by atoms with van der Waals surface area (Å²) in [6.45, 7) is 10.0. The van der Waals surface area contributed by atoms with Crippen LogP contribution in [0.1, 0.15) is 20.3 Å². The van der Waals surface area contributed by atoms with Gasteiger partial charge in [0.15, 0.2) is 0 Å². The summed E-state index contributed by atoms with van der Waals surface area (Å²) >= 11 is 1.52. The van der Waals surface area contributed by atoms with Crippen LogP contribution in [0.3, 0.4) is 0 Å². The molecule has 0 heterocycles. The fourth-order valence-electron chi connectivity index (χ4n) is 1.25. The van der Waals surface area contributed by atoms with Gasteiger partial charge in [0.1, 0.15) is 6.61 Å². The third-order valence-corrected chi connectivity index (χ3v) is 2.94. The van der Waals surface area contributed by atoms with Crippen molar-refractivity contribution in [3.05, 3.63) is 24.3 Å². The molecule has 0 radical (unpaired) electrons. The fourth-order valence-corrected chi connectivity index (χ4v) is 1.63. The average Bonchev–Trinajstić information content (AvgIpc) is 2.39. The number of hydrogen-bond acceptors (Lipinski definition) is 5. The van der Waals surface area contributed by atoms with Crippen LogP contribution < -0.4 is 0 Å². The standard InChI is InChI=1S/C14H21NO4S/c1-10(2)13(17)15(12(16)6-9-20-5)7-8-19-14(18)11(3)4/h1,3,6-9H2,2,4-5H3. The number of thioether (sulfide) groups is 1. The van der Waals surface area contributed by atoms with Crippen LogP contribution in [-0.2, 0) is 19.1 Å². The number of carbonyl (C=O) groups excluding carboxylic acids is 3. The van der Waals surface area contributed by atoms with Crippen LogP contribution in [0.2, 0.25) is 0 Å². The molecule has 0 aromatic rings. The molecule has 0 aliphatic carbocycles. The Labute approximate surface area is 124 Å². The molecule has 0 aliphatic rings. The van der Waals surface area contributed by atoms with Gasteiger partial charge in [-0.25, -0.2) is 4.79 Å². The van der Waals surface area contributed by atoms with Crippen LogP contribution in [0.15, 0.2) is 24.3 Å². The molecule has 0 N–H and O–H groups in total. The van der Waals surface area contributed by atoms with Crippen LogP contribution in [0.4, 0.5) is 0 Å². The molecule has 0 atom stereocenters. The number of ether oxygens (including phenoxy) is 1. The second-order valence-electron chi connectivity index (χ2n) is 4.29. The Morgan fingerprint density at radius 2 is 1.75 bits per heavy atom. The first-order chi connectivity index (χ1) is 9.31. The number of imide groups is 1. The van der Waals surface area contributed by atoms with Crippen molar-refractivity contribution in [3.8, 4) is 0 Å². The maximum atomic E-state index is 12.0. The highest BCUT2D eigenvalue weighted by molar-refractivity contribution is 7.98. The van der Waals surface area contributed by atoms with Gasteiger partial charge in [0.05, 0.1) is 6.54 Å². The van der Waals surface area contributed by atoms with Crippen molar-refractivity contribution < 1.29 is 19.1 Å². The Hall–Kier alpha value is -1.56. The van der Waals surface area contributed by atoms with Gasteiger partial charge < -0.3 is 4.74 Å². The van der Waals surface area contributed by atoms with Gasteiger partial charge >= 0.3 is 5.97 Å². The molecule has 0 unspecified atom stereocenters. The molecule has 2 amide bonds. The zero-order valence-electron chi connectivity index (χ0n) is 12.2. The van der Waals surface area contributed by atoms with E-state index in [0.717, 1.165) is 4.90 Å². The van der Waals surface area contributed by atoms with Gasteiger partial charge in [-0.15, -0.1) is 0 Å². The third-order valence-electron chi connectivity index (χ3n) is 2.33. The molecule has 20 heavy (non-hydrogen) atoms. The molecular weight excluding hydrogens is 278 g/mol. The molecule has 0 aromatic heterocycles. The van der Waals surface area contributed by atoms with Crippen LogP contribution >= 0.6 is 11.8 Å². The number of rotatable bonds is 8. The highest BCUT2D eigenvalue weighted by Gasteiger charge is 2.21. The molecule has 6 heteroatoms. The predicted octanol–water partition coefficient (Wildman–Crippen LogP) is 1.79. The monoisotopic (exact) mass is 299 g/mol. The second kappa shape index (κ2) is 9.36. The molecule has 0 aliphatic heterocycles. The van der Waals surface area contributed by atoms with Crippen LogP contribution in [0, 0.1) is 0 Å². The van der Waals surface area contributed by atoms with E-state index in [-0.39, 0.29) is 36.6 Å². The molecule has 0 rings (SSSR count). The first kappa shape index (κ1) is 18.4. The second-order valence-corrected chi connectivity index (χ2v) is 5.28. The predicted molar refractivity (Wildman–Crippen MR) is 80.3 cm³/mol. The van der Waals surface area contributed by atoms with Gasteiger partial charge in [-0.3, -0.25) is 14.5 Å². The quantitative estimate of drug-likeness (QED) is 0.505. The Balaban J connectivity index is 4.58. The van der Waals surface area contributed by atoms with Crippen molar-refractivity contribution in [2.24, 2.45) is 0 Å². The SMILES string of the molecule is C=C(C)C(=O)OCCN(C(=O)CCSC)C(=O)C(=C)C. The third kappa shape index (κ3) is 6.56. The van der Waals surface area contributed by atoms with E-state index in [1.807, 2.05) is 6.26 Å². The molecular formula is C14H21NO4S. The molecule has 0 fully saturated rings. The molecule has 0 spiro atoms. The fraction of sp³-hybridized carbons (Fsp3) is 0.500. The lowest BCUT2D eigenvalue weighted by Crippen LogP contribution is -2.40. The normalized spacial score (nSPS) is 9.75. The summed E-state index contributed by atoms with van der Waals surface area (Å²) in [5.41, 5.74) is 0.546. The molecule has 0 bridgehead atoms. The summed E-state index contributed by atoms with van der Waals surface area (Å²) in [5.74, 6) is -0.643. The van der Waals surface area contributed by atoms with Crippen molar-refractivity contribution >= 4 is 29.5 Å². The van der Waals surface area contributed by atoms with E-state index in [4.69, 9.17) is 4.74 Å². The smallest absolute Gasteiger partial charge is 0.333 e. The number of nitrogens with zero attached hydrogens (tertiary/aromatic N) is 1. The van der Waals surface area contributed by atoms with E-state index >= 15 is 0 Å². The van der Waals surface area contributed by atoms with Crippen molar-refractivity contribution in [2.45, 2.75) is 20.3 Å². The highest BCUT2D eigenvalue weighted by Crippen LogP contribution is 2.05. The molecule has 5 nitrogen and oxygen atoms in total. The maximum absolute atomic E-state index is 12.0. The Bertz CT molecular complexity index is 417. The molecule has 112 valence electrons. The first-order valence-electron chi connectivity index (χ1n) is 6.13. The van der Waals surface area contributed by atoms with Gasteiger partial charge in [-0.2, -0.15) is 11.8 Å². The minimum absolute atomic E-state index is 0.0257. The van der Waals surface area contributed by atoms with E-state index in [1.54, 1.807) is 0 Å². The van der Waals surface area contributed by atoms with Gasteiger partial charge in [0.25, 0.3) is 5.91 Å². The molecule has 0 saturated heterocycles. The zero-order valence-corrected chi connectivity index (χ0v) is 13.0. The summed E-state index contributed by atoms with van der Waals surface area (Å²) in [5, 5.41) is 0. The Morgan fingerprint density at radius 3 is 2.20 bits per heavy atom. The van der Waals surface area contributed by atoms with Gasteiger partial charge in [-0.1, -0.05) is 13.2 Å². The van der Waals surface area contributed by atoms with Crippen molar-refractivity contribution in [1.82, 2.24) is 4.90 Å². The maximum Gasteiger partial charge on any atom is 0.333 e. The van der Waals surface area contributed by atoms with E-state index in [9.17, 15) is 14.4 Å². The topological polar surface area (TPSA) is 63.7 Å². The van der Waals surface area contributed by atoms with E-state index in [1.165, 1.54) is 25.6 Å². The minimum atomic E-state index is -0.538. The highest BCUT2D eigenvalue weighted by atomic mass is 32.2. The number of hydrogen-bond donors (Lipinski definition) is 0. The van der Waals surface area contributed by atoms with E-state index in [0.29, 0.717) is 5.75 Å². The van der Waals surface area contributed by atoms with E-state index < -0.39 is 11.9 Å². The Morgan fingerprint density at radius 1 is 1.15 bits per heavy atom. The lowest BCUT2D eigenvalue weighted by atomic mass is 10.2. The first-order valence-corrected chi connectivity index (χ1v) is 7.52. The summed E-state index contributed by atoms with van der Waals surface area (Å²) < 4.78 is 4.90. The zero-order chi connectivity index (χ0) is 15.7. The van der Waals surface area contributed by atoms with Crippen LogP contribution in [0.25, 0.3) is 0 Å². The van der Waals surface area contributed by atoms with Crippen LogP contribution in [-0.4, -0.2) is 47.8 Å². The van der Waals surface area contributed by atoms with E-state index in [2.05, 4.69) is 13.2 Å². The summed E-state index contributed by atoms with van der Waals surface area (Å²) in [6.07, 6.45) is 2.14. The number of carbonyl (C=O) groups is 3. The van der Waals surface area contributed by atoms with Crippen LogP contribution in [0.5, 0.6) is 0 Å². The summed E-state index contributed by atoms with van der Waals surface area (Å²) in [4.78, 5) is 36.2. The summed E-state index contributed by atoms with van der Waals surface area (Å²) in [7, 11) is 0. The largest absolute Gasteiger partial charge is 0.460 e. The lowest BCUT2D eigenvalue weighted by molar-refractivity contribution is -0.147. The van der Waals surface area contributed by atoms with Gasteiger partial charge in [0, 0.05) is 23.3 Å². The molecule has 0 saturated carbocycles. The van der Waals surface area contributed by atoms with Crippen molar-refractivity contribution in [2.75, 3.05) is 25.2 Å². The lowest BCUT2D eigenvalue weighted by Gasteiger charge is -2.20. The van der Waals surface area contributed by atoms with Crippen molar-refractivity contribution in [3.63, 3.8) is 0 Å². The molecule has 0 aromatic carbocycles. The van der Waals surface area contributed by atoms with Gasteiger partial charge in [0.2, 0.25) is 5.91 Å². The summed E-state index contributed by atoms with van der Waals surface area (Å²) in [6, 6.07) is 0. The average molecular weight is 299 g/mol. The number of amides is 2.